The molecule has 0 amide bonds. The Bertz CT molecular complexity index is 383. The van der Waals surface area contributed by atoms with Gasteiger partial charge in [-0.25, -0.2) is 0 Å². The fourth-order valence-corrected chi connectivity index (χ4v) is 2.94. The summed E-state index contributed by atoms with van der Waals surface area (Å²) in [5, 5.41) is 3.66. The van der Waals surface area contributed by atoms with Crippen molar-refractivity contribution in [3.8, 4) is 0 Å². The Morgan fingerprint density at radius 3 is 3.25 bits per heavy atom. The van der Waals surface area contributed by atoms with Crippen molar-refractivity contribution in [1.82, 2.24) is 10.3 Å². The minimum atomic E-state index is 0.703. The summed E-state index contributed by atoms with van der Waals surface area (Å²) in [5.74, 6) is 0.870. The van der Waals surface area contributed by atoms with Crippen LogP contribution in [0, 0.1) is 5.92 Å². The Morgan fingerprint density at radius 2 is 2.38 bits per heavy atom. The summed E-state index contributed by atoms with van der Waals surface area (Å²) in [6.07, 6.45) is 11.4. The van der Waals surface area contributed by atoms with Gasteiger partial charge in [-0.15, -0.1) is 0 Å². The molecule has 1 aliphatic carbocycles. The van der Waals surface area contributed by atoms with Gasteiger partial charge in [-0.1, -0.05) is 12.1 Å². The third-order valence-electron chi connectivity index (χ3n) is 3.87. The van der Waals surface area contributed by atoms with Gasteiger partial charge in [0.05, 0.1) is 0 Å². The molecule has 1 N–H and O–H groups in total. The number of piperidine rings is 1. The van der Waals surface area contributed by atoms with E-state index in [1.807, 2.05) is 18.5 Å². The molecule has 1 aromatic rings. The van der Waals surface area contributed by atoms with Crippen molar-refractivity contribution in [1.29, 1.82) is 0 Å². The highest BCUT2D eigenvalue weighted by Gasteiger charge is 2.28. The second-order valence-electron chi connectivity index (χ2n) is 4.87. The number of rotatable bonds is 1. The van der Waals surface area contributed by atoms with Crippen LogP contribution in [0.2, 0.25) is 0 Å². The topological polar surface area (TPSA) is 24.9 Å². The van der Waals surface area contributed by atoms with Crippen LogP contribution in [0.4, 0.5) is 0 Å². The normalized spacial score (nSPS) is 29.4. The van der Waals surface area contributed by atoms with Crippen molar-refractivity contribution in [2.45, 2.75) is 31.7 Å². The molecule has 2 nitrogen and oxygen atoms in total. The Balaban J connectivity index is 1.81. The lowest BCUT2D eigenvalue weighted by Crippen LogP contribution is -2.42. The molecule has 0 spiro atoms. The van der Waals surface area contributed by atoms with Crippen molar-refractivity contribution in [3.63, 3.8) is 0 Å². The van der Waals surface area contributed by atoms with E-state index in [9.17, 15) is 0 Å². The molecule has 0 saturated carbocycles. The maximum absolute atomic E-state index is 4.20. The predicted molar refractivity (Wildman–Crippen MR) is 66.0 cm³/mol. The lowest BCUT2D eigenvalue weighted by Gasteiger charge is -2.36. The smallest absolute Gasteiger partial charge is 0.0342 e. The number of fused-ring (bicyclic) bond motifs is 1. The zero-order valence-corrected chi connectivity index (χ0v) is 9.52. The van der Waals surface area contributed by atoms with Crippen LogP contribution in [-0.4, -0.2) is 17.6 Å². The SMILES string of the molecule is C1=C(c2cccnc2)C[C@H]2NCCC[C@H]2C1. The van der Waals surface area contributed by atoms with Crippen LogP contribution < -0.4 is 5.32 Å². The zero-order valence-electron chi connectivity index (χ0n) is 9.52. The third-order valence-corrected chi connectivity index (χ3v) is 3.87. The molecule has 1 aliphatic heterocycles. The Labute approximate surface area is 96.8 Å². The molecule has 2 atom stereocenters. The van der Waals surface area contributed by atoms with Gasteiger partial charge in [0.15, 0.2) is 0 Å². The number of pyridine rings is 1. The van der Waals surface area contributed by atoms with E-state index < -0.39 is 0 Å². The third kappa shape index (κ3) is 1.90. The Morgan fingerprint density at radius 1 is 1.38 bits per heavy atom. The van der Waals surface area contributed by atoms with Crippen LogP contribution in [0.15, 0.2) is 30.6 Å². The summed E-state index contributed by atoms with van der Waals surface area (Å²) in [7, 11) is 0. The van der Waals surface area contributed by atoms with E-state index in [4.69, 9.17) is 0 Å². The molecule has 3 rings (SSSR count). The lowest BCUT2D eigenvalue weighted by atomic mass is 9.78. The van der Waals surface area contributed by atoms with Crippen LogP contribution in [0.5, 0.6) is 0 Å². The lowest BCUT2D eigenvalue weighted by molar-refractivity contribution is 0.278. The first kappa shape index (κ1) is 10.0. The van der Waals surface area contributed by atoms with Crippen LogP contribution in [0.25, 0.3) is 5.57 Å². The van der Waals surface area contributed by atoms with Crippen LogP contribution in [0.1, 0.15) is 31.2 Å². The van der Waals surface area contributed by atoms with E-state index in [2.05, 4.69) is 22.4 Å². The van der Waals surface area contributed by atoms with Gasteiger partial charge in [0.1, 0.15) is 0 Å². The zero-order chi connectivity index (χ0) is 10.8. The first-order valence-electron chi connectivity index (χ1n) is 6.26. The van der Waals surface area contributed by atoms with Gasteiger partial charge in [0, 0.05) is 18.4 Å². The fraction of sp³-hybridized carbons (Fsp3) is 0.500. The largest absolute Gasteiger partial charge is 0.313 e. The number of hydrogen-bond donors (Lipinski definition) is 1. The molecular weight excluding hydrogens is 196 g/mol. The Kier molecular flexibility index (Phi) is 2.75. The molecular formula is C14H18N2. The second-order valence-corrected chi connectivity index (χ2v) is 4.87. The number of hydrogen-bond acceptors (Lipinski definition) is 2. The number of allylic oxidation sites excluding steroid dienone is 1. The average molecular weight is 214 g/mol. The van der Waals surface area contributed by atoms with Crippen LogP contribution >= 0.6 is 0 Å². The van der Waals surface area contributed by atoms with Gasteiger partial charge >= 0.3 is 0 Å². The fourth-order valence-electron chi connectivity index (χ4n) is 2.94. The predicted octanol–water partition coefficient (Wildman–Crippen LogP) is 2.63. The van der Waals surface area contributed by atoms with Crippen molar-refractivity contribution in [2.24, 2.45) is 5.92 Å². The van der Waals surface area contributed by atoms with Gasteiger partial charge < -0.3 is 5.32 Å². The highest BCUT2D eigenvalue weighted by atomic mass is 14.9. The summed E-state index contributed by atoms with van der Waals surface area (Å²) >= 11 is 0. The van der Waals surface area contributed by atoms with Crippen LogP contribution in [-0.2, 0) is 0 Å². The summed E-state index contributed by atoms with van der Waals surface area (Å²) in [4.78, 5) is 4.20. The first-order chi connectivity index (χ1) is 7.93. The molecule has 2 heterocycles. The summed E-state index contributed by atoms with van der Waals surface area (Å²) in [6, 6.07) is 4.90. The number of nitrogens with zero attached hydrogens (tertiary/aromatic N) is 1. The van der Waals surface area contributed by atoms with Crippen molar-refractivity contribution < 1.29 is 0 Å². The average Bonchev–Trinajstić information content (AvgIpc) is 2.39. The minimum Gasteiger partial charge on any atom is -0.313 e. The molecule has 1 saturated heterocycles. The number of nitrogens with one attached hydrogen (secondary N) is 1. The molecule has 2 heteroatoms. The number of aromatic nitrogens is 1. The highest BCUT2D eigenvalue weighted by Crippen LogP contribution is 2.34. The molecule has 2 aliphatic rings. The van der Waals surface area contributed by atoms with Gasteiger partial charge in [0.2, 0.25) is 0 Å². The van der Waals surface area contributed by atoms with E-state index >= 15 is 0 Å². The summed E-state index contributed by atoms with van der Waals surface area (Å²) in [6.45, 7) is 1.20. The van der Waals surface area contributed by atoms with E-state index in [0.717, 1.165) is 5.92 Å². The van der Waals surface area contributed by atoms with E-state index in [1.54, 1.807) is 0 Å². The van der Waals surface area contributed by atoms with Gasteiger partial charge in [0.25, 0.3) is 0 Å². The molecule has 0 radical (unpaired) electrons. The molecule has 0 aromatic carbocycles. The van der Waals surface area contributed by atoms with Gasteiger partial charge in [-0.05, 0) is 55.3 Å². The van der Waals surface area contributed by atoms with Crippen molar-refractivity contribution >= 4 is 5.57 Å². The monoisotopic (exact) mass is 214 g/mol. The molecule has 0 bridgehead atoms. The van der Waals surface area contributed by atoms with Gasteiger partial charge in [-0.3, -0.25) is 4.98 Å². The maximum Gasteiger partial charge on any atom is 0.0342 e. The molecule has 1 aromatic heterocycles. The molecule has 0 unspecified atom stereocenters. The van der Waals surface area contributed by atoms with E-state index in [0.29, 0.717) is 6.04 Å². The standard InChI is InChI=1S/C14H18N2/c1-4-13(10-15-7-1)12-6-5-11-3-2-8-16-14(11)9-12/h1,4,6-7,10-11,14,16H,2-3,5,8-9H2/t11-,14+/m0/s1. The first-order valence-corrected chi connectivity index (χ1v) is 6.26. The van der Waals surface area contributed by atoms with Gasteiger partial charge in [-0.2, -0.15) is 0 Å². The quantitative estimate of drug-likeness (QED) is 0.777. The molecule has 16 heavy (non-hydrogen) atoms. The van der Waals surface area contributed by atoms with Crippen molar-refractivity contribution in [2.75, 3.05) is 6.54 Å². The molecule has 1 fully saturated rings. The minimum absolute atomic E-state index is 0.703. The van der Waals surface area contributed by atoms with Crippen LogP contribution in [0.3, 0.4) is 0 Å². The second kappa shape index (κ2) is 4.38. The van der Waals surface area contributed by atoms with Crippen molar-refractivity contribution in [3.05, 3.63) is 36.2 Å². The molecule has 84 valence electrons. The Hall–Kier alpha value is -1.15. The summed E-state index contributed by atoms with van der Waals surface area (Å²) in [5.41, 5.74) is 2.78. The van der Waals surface area contributed by atoms with E-state index in [1.165, 1.54) is 43.4 Å². The summed E-state index contributed by atoms with van der Waals surface area (Å²) < 4.78 is 0. The highest BCUT2D eigenvalue weighted by molar-refractivity contribution is 5.66. The van der Waals surface area contributed by atoms with E-state index in [-0.39, 0.29) is 0 Å². The maximum atomic E-state index is 4.20.